The van der Waals surface area contributed by atoms with Crippen LogP contribution in [0.3, 0.4) is 0 Å². The SMILES string of the molecule is Cc1nc(Cl)c(C=O)c(Nc2ccc(Br)cc2F)n1. The number of benzene rings is 1. The zero-order valence-corrected chi connectivity index (χ0v) is 12.1. The van der Waals surface area contributed by atoms with E-state index in [1.165, 1.54) is 12.1 Å². The first-order chi connectivity index (χ1) is 9.01. The monoisotopic (exact) mass is 343 g/mol. The highest BCUT2D eigenvalue weighted by molar-refractivity contribution is 9.10. The number of nitrogens with one attached hydrogen (secondary N) is 1. The lowest BCUT2D eigenvalue weighted by Gasteiger charge is -2.10. The molecule has 1 aromatic heterocycles. The number of rotatable bonds is 3. The topological polar surface area (TPSA) is 54.9 Å². The molecular weight excluding hydrogens is 337 g/mol. The minimum Gasteiger partial charge on any atom is -0.337 e. The number of carbonyl (C=O) groups is 1. The van der Waals surface area contributed by atoms with E-state index in [0.29, 0.717) is 16.6 Å². The Morgan fingerprint density at radius 3 is 2.79 bits per heavy atom. The largest absolute Gasteiger partial charge is 0.337 e. The van der Waals surface area contributed by atoms with Crippen molar-refractivity contribution in [1.82, 2.24) is 9.97 Å². The van der Waals surface area contributed by atoms with Crippen LogP contribution in [-0.2, 0) is 0 Å². The minimum atomic E-state index is -0.474. The second-order valence-corrected chi connectivity index (χ2v) is 4.96. The molecule has 4 nitrogen and oxygen atoms in total. The minimum absolute atomic E-state index is 0.0301. The Bertz CT molecular complexity index is 651. The van der Waals surface area contributed by atoms with Crippen LogP contribution >= 0.6 is 27.5 Å². The lowest BCUT2D eigenvalue weighted by atomic mass is 10.2. The van der Waals surface area contributed by atoms with Gasteiger partial charge in [0, 0.05) is 4.47 Å². The summed E-state index contributed by atoms with van der Waals surface area (Å²) >= 11 is 9.00. The molecule has 0 radical (unpaired) electrons. The predicted octanol–water partition coefficient (Wildman–Crippen LogP) is 3.90. The summed E-state index contributed by atoms with van der Waals surface area (Å²) in [6, 6.07) is 4.50. The van der Waals surface area contributed by atoms with Gasteiger partial charge in [-0.2, -0.15) is 0 Å². The molecule has 0 saturated carbocycles. The quantitative estimate of drug-likeness (QED) is 0.678. The maximum atomic E-state index is 13.7. The van der Waals surface area contributed by atoms with Crippen molar-refractivity contribution in [2.24, 2.45) is 0 Å². The number of anilines is 2. The third-order valence-electron chi connectivity index (χ3n) is 2.31. The van der Waals surface area contributed by atoms with E-state index < -0.39 is 5.82 Å². The van der Waals surface area contributed by atoms with Gasteiger partial charge in [0.25, 0.3) is 0 Å². The van der Waals surface area contributed by atoms with Gasteiger partial charge in [0.2, 0.25) is 0 Å². The van der Waals surface area contributed by atoms with Gasteiger partial charge in [-0.1, -0.05) is 27.5 Å². The summed E-state index contributed by atoms with van der Waals surface area (Å²) in [5, 5.41) is 2.77. The van der Waals surface area contributed by atoms with Crippen LogP contribution in [0.5, 0.6) is 0 Å². The molecule has 0 aliphatic heterocycles. The molecule has 0 aliphatic rings. The first-order valence-corrected chi connectivity index (χ1v) is 6.39. The Morgan fingerprint density at radius 1 is 1.42 bits per heavy atom. The number of hydrogen-bond donors (Lipinski definition) is 1. The van der Waals surface area contributed by atoms with Crippen LogP contribution in [0, 0.1) is 12.7 Å². The molecule has 2 aromatic rings. The maximum absolute atomic E-state index is 13.7. The number of halogens is 3. The molecule has 0 aliphatic carbocycles. The number of aryl methyl sites for hydroxylation is 1. The van der Waals surface area contributed by atoms with E-state index in [0.717, 1.165) is 0 Å². The Hall–Kier alpha value is -1.53. The molecule has 19 heavy (non-hydrogen) atoms. The summed E-state index contributed by atoms with van der Waals surface area (Å²) in [5.74, 6) is 0.0861. The van der Waals surface area contributed by atoms with E-state index in [1.807, 2.05) is 0 Å². The molecule has 2 rings (SSSR count). The second-order valence-electron chi connectivity index (χ2n) is 3.69. The van der Waals surface area contributed by atoms with Gasteiger partial charge in [0.05, 0.1) is 11.3 Å². The zero-order chi connectivity index (χ0) is 14.0. The first-order valence-electron chi connectivity index (χ1n) is 5.22. The number of aromatic nitrogens is 2. The van der Waals surface area contributed by atoms with Crippen LogP contribution < -0.4 is 5.32 Å². The molecule has 7 heteroatoms. The standard InChI is InChI=1S/C12H8BrClFN3O/c1-6-16-11(14)8(5-19)12(17-6)18-10-3-2-7(13)4-9(10)15/h2-5H,1H3,(H,16,17,18). The van der Waals surface area contributed by atoms with Crippen molar-refractivity contribution < 1.29 is 9.18 Å². The van der Waals surface area contributed by atoms with Crippen LogP contribution in [0.15, 0.2) is 22.7 Å². The van der Waals surface area contributed by atoms with E-state index in [4.69, 9.17) is 11.6 Å². The van der Waals surface area contributed by atoms with Gasteiger partial charge in [-0.05, 0) is 25.1 Å². The highest BCUT2D eigenvalue weighted by Crippen LogP contribution is 2.26. The normalized spacial score (nSPS) is 10.3. The van der Waals surface area contributed by atoms with Gasteiger partial charge in [0.1, 0.15) is 22.6 Å². The fourth-order valence-electron chi connectivity index (χ4n) is 1.47. The number of carbonyl (C=O) groups excluding carboxylic acids is 1. The Labute approximate surface area is 122 Å². The van der Waals surface area contributed by atoms with Crippen molar-refractivity contribution in [3.63, 3.8) is 0 Å². The van der Waals surface area contributed by atoms with Crippen molar-refractivity contribution in [2.75, 3.05) is 5.32 Å². The molecule has 0 atom stereocenters. The molecule has 1 N–H and O–H groups in total. The Morgan fingerprint density at radius 2 is 2.16 bits per heavy atom. The predicted molar refractivity (Wildman–Crippen MR) is 74.5 cm³/mol. The van der Waals surface area contributed by atoms with Gasteiger partial charge in [-0.3, -0.25) is 4.79 Å². The first kappa shape index (κ1) is 13.9. The van der Waals surface area contributed by atoms with Gasteiger partial charge in [0.15, 0.2) is 6.29 Å². The van der Waals surface area contributed by atoms with Crippen molar-refractivity contribution in [3.05, 3.63) is 45.0 Å². The highest BCUT2D eigenvalue weighted by atomic mass is 79.9. The zero-order valence-electron chi connectivity index (χ0n) is 9.75. The van der Waals surface area contributed by atoms with Crippen LogP contribution in [0.1, 0.15) is 16.2 Å². The fourth-order valence-corrected chi connectivity index (χ4v) is 2.05. The van der Waals surface area contributed by atoms with Crippen LogP contribution in [-0.4, -0.2) is 16.3 Å². The molecule has 0 fully saturated rings. The molecule has 0 amide bonds. The lowest BCUT2D eigenvalue weighted by molar-refractivity contribution is 0.112. The third-order valence-corrected chi connectivity index (χ3v) is 3.09. The summed E-state index contributed by atoms with van der Waals surface area (Å²) in [5.41, 5.74) is 0.287. The van der Waals surface area contributed by atoms with Gasteiger partial charge < -0.3 is 5.32 Å². The smallest absolute Gasteiger partial charge is 0.156 e. The van der Waals surface area contributed by atoms with E-state index >= 15 is 0 Å². The Kier molecular flexibility index (Phi) is 4.11. The van der Waals surface area contributed by atoms with Gasteiger partial charge >= 0.3 is 0 Å². The molecule has 1 aromatic carbocycles. The second kappa shape index (κ2) is 5.63. The average Bonchev–Trinajstić information content (AvgIpc) is 2.32. The fraction of sp³-hybridized carbons (Fsp3) is 0.0833. The molecule has 0 bridgehead atoms. The van der Waals surface area contributed by atoms with E-state index in [9.17, 15) is 9.18 Å². The van der Waals surface area contributed by atoms with Gasteiger partial charge in [-0.25, -0.2) is 14.4 Å². The van der Waals surface area contributed by atoms with Crippen LogP contribution in [0.2, 0.25) is 5.15 Å². The number of nitrogens with zero attached hydrogens (tertiary/aromatic N) is 2. The van der Waals surface area contributed by atoms with E-state index in [-0.39, 0.29) is 22.2 Å². The molecule has 0 spiro atoms. The summed E-state index contributed by atoms with van der Waals surface area (Å²) < 4.78 is 14.3. The number of hydrogen-bond acceptors (Lipinski definition) is 4. The van der Waals surface area contributed by atoms with Crippen molar-refractivity contribution in [2.45, 2.75) is 6.92 Å². The number of aldehydes is 1. The summed E-state index contributed by atoms with van der Waals surface area (Å²) in [6.07, 6.45) is 0.529. The molecule has 0 unspecified atom stereocenters. The summed E-state index contributed by atoms with van der Waals surface area (Å²) in [7, 11) is 0. The van der Waals surface area contributed by atoms with Crippen molar-refractivity contribution in [1.29, 1.82) is 0 Å². The third kappa shape index (κ3) is 3.08. The average molecular weight is 345 g/mol. The summed E-state index contributed by atoms with van der Waals surface area (Å²) in [4.78, 5) is 18.9. The molecular formula is C12H8BrClFN3O. The van der Waals surface area contributed by atoms with Gasteiger partial charge in [-0.15, -0.1) is 0 Å². The van der Waals surface area contributed by atoms with E-state index in [2.05, 4.69) is 31.2 Å². The van der Waals surface area contributed by atoms with Crippen LogP contribution in [0.25, 0.3) is 0 Å². The molecule has 1 heterocycles. The maximum Gasteiger partial charge on any atom is 0.156 e. The van der Waals surface area contributed by atoms with Crippen molar-refractivity contribution >= 4 is 45.3 Å². The molecule has 0 saturated heterocycles. The van der Waals surface area contributed by atoms with Crippen molar-refractivity contribution in [3.8, 4) is 0 Å². The van der Waals surface area contributed by atoms with E-state index in [1.54, 1.807) is 13.0 Å². The lowest BCUT2D eigenvalue weighted by Crippen LogP contribution is -2.04. The highest BCUT2D eigenvalue weighted by Gasteiger charge is 2.13. The Balaban J connectivity index is 2.45. The molecule has 98 valence electrons. The van der Waals surface area contributed by atoms with Crippen LogP contribution in [0.4, 0.5) is 15.9 Å². The summed E-state index contributed by atoms with van der Waals surface area (Å²) in [6.45, 7) is 1.63.